The van der Waals surface area contributed by atoms with E-state index in [0.29, 0.717) is 30.2 Å². The number of anilines is 2. The molecule has 0 aliphatic rings. The van der Waals surface area contributed by atoms with Crippen LogP contribution in [0.25, 0.3) is 10.2 Å². The van der Waals surface area contributed by atoms with Crippen molar-refractivity contribution in [1.29, 1.82) is 0 Å². The molecule has 9 nitrogen and oxygen atoms in total. The molecule has 38 heavy (non-hydrogen) atoms. The fourth-order valence-electron chi connectivity index (χ4n) is 3.65. The maximum atomic E-state index is 13.2. The van der Waals surface area contributed by atoms with Gasteiger partial charge >= 0.3 is 0 Å². The third-order valence-electron chi connectivity index (χ3n) is 5.35. The first-order valence-electron chi connectivity index (χ1n) is 11.6. The largest absolute Gasteiger partial charge is 0.380 e. The van der Waals surface area contributed by atoms with Crippen LogP contribution in [0.2, 0.25) is 0 Å². The van der Waals surface area contributed by atoms with Gasteiger partial charge in [-0.3, -0.25) is 14.3 Å². The number of nitrogens with zero attached hydrogens (tertiary/aromatic N) is 2. The Morgan fingerprint density at radius 1 is 1.05 bits per heavy atom. The van der Waals surface area contributed by atoms with Crippen molar-refractivity contribution in [3.05, 3.63) is 82.9 Å². The van der Waals surface area contributed by atoms with Crippen LogP contribution in [0.5, 0.6) is 0 Å². The molecule has 0 unspecified atom stereocenters. The molecule has 3 aromatic carbocycles. The van der Waals surface area contributed by atoms with Crippen LogP contribution in [0, 0.1) is 5.82 Å². The Labute approximate surface area is 222 Å². The fourth-order valence-corrected chi connectivity index (χ4v) is 5.79. The molecule has 1 heterocycles. The van der Waals surface area contributed by atoms with Crippen molar-refractivity contribution in [1.82, 2.24) is 4.57 Å². The third-order valence-corrected chi connectivity index (χ3v) is 7.79. The highest BCUT2D eigenvalue weighted by Gasteiger charge is 2.16. The summed E-state index contributed by atoms with van der Waals surface area (Å²) in [6.07, 6.45) is 0. The van der Waals surface area contributed by atoms with Crippen molar-refractivity contribution in [3.63, 3.8) is 0 Å². The predicted octanol–water partition coefficient (Wildman–Crippen LogP) is 4.38. The molecule has 0 spiro atoms. The zero-order valence-corrected chi connectivity index (χ0v) is 22.2. The van der Waals surface area contributed by atoms with Gasteiger partial charge < -0.3 is 14.6 Å². The summed E-state index contributed by atoms with van der Waals surface area (Å²) in [5.41, 5.74) is 1.80. The number of ether oxygens (including phenoxy) is 1. The van der Waals surface area contributed by atoms with Crippen LogP contribution in [-0.4, -0.2) is 38.0 Å². The van der Waals surface area contributed by atoms with Gasteiger partial charge in [-0.05, 0) is 67.6 Å². The SMILES string of the molecule is CCOCCn1c(=NC(=O)c2cccc(NS(=O)(=O)c3ccc(F)cc3)c2)sc2cc(NC(C)=O)ccc21. The number of aromatic nitrogens is 1. The average molecular weight is 557 g/mol. The Balaban J connectivity index is 1.66. The highest BCUT2D eigenvalue weighted by atomic mass is 32.2. The number of hydrogen-bond acceptors (Lipinski definition) is 6. The van der Waals surface area contributed by atoms with Gasteiger partial charge in [0.25, 0.3) is 15.9 Å². The number of carbonyl (C=O) groups excluding carboxylic acids is 2. The Morgan fingerprint density at radius 2 is 1.82 bits per heavy atom. The van der Waals surface area contributed by atoms with Crippen molar-refractivity contribution >= 4 is 54.8 Å². The summed E-state index contributed by atoms with van der Waals surface area (Å²) in [5, 5.41) is 2.75. The van der Waals surface area contributed by atoms with E-state index in [4.69, 9.17) is 4.74 Å². The van der Waals surface area contributed by atoms with Gasteiger partial charge in [0.15, 0.2) is 4.80 Å². The monoisotopic (exact) mass is 556 g/mol. The number of sulfonamides is 1. The number of benzene rings is 3. The fraction of sp³-hybridized carbons (Fsp3) is 0.192. The van der Waals surface area contributed by atoms with E-state index >= 15 is 0 Å². The van der Waals surface area contributed by atoms with Crippen LogP contribution in [-0.2, 0) is 26.1 Å². The van der Waals surface area contributed by atoms with Gasteiger partial charge in [-0.2, -0.15) is 4.99 Å². The van der Waals surface area contributed by atoms with Gasteiger partial charge in [0.05, 0.1) is 21.7 Å². The molecule has 0 atom stereocenters. The van der Waals surface area contributed by atoms with E-state index in [2.05, 4.69) is 15.0 Å². The van der Waals surface area contributed by atoms with E-state index in [1.54, 1.807) is 12.1 Å². The predicted molar refractivity (Wildman–Crippen MR) is 144 cm³/mol. The lowest BCUT2D eigenvalue weighted by Gasteiger charge is -2.09. The Hall–Kier alpha value is -3.87. The third kappa shape index (κ3) is 6.52. The number of rotatable bonds is 9. The molecular formula is C26H25FN4O5S2. The van der Waals surface area contributed by atoms with Crippen LogP contribution in [0.1, 0.15) is 24.2 Å². The van der Waals surface area contributed by atoms with Gasteiger partial charge in [0, 0.05) is 37.0 Å². The zero-order chi connectivity index (χ0) is 27.3. The molecular weight excluding hydrogens is 531 g/mol. The number of amides is 2. The topological polar surface area (TPSA) is 119 Å². The molecule has 0 aliphatic heterocycles. The molecule has 0 fully saturated rings. The van der Waals surface area contributed by atoms with E-state index < -0.39 is 21.7 Å². The number of fused-ring (bicyclic) bond motifs is 1. The minimum atomic E-state index is -3.99. The summed E-state index contributed by atoms with van der Waals surface area (Å²) < 4.78 is 49.1. The normalized spacial score (nSPS) is 12.0. The minimum Gasteiger partial charge on any atom is -0.380 e. The van der Waals surface area contributed by atoms with E-state index in [1.165, 1.54) is 36.5 Å². The molecule has 4 rings (SSSR count). The van der Waals surface area contributed by atoms with E-state index in [1.807, 2.05) is 23.6 Å². The van der Waals surface area contributed by atoms with Gasteiger partial charge in [-0.1, -0.05) is 17.4 Å². The molecule has 0 saturated carbocycles. The molecule has 2 amide bonds. The summed E-state index contributed by atoms with van der Waals surface area (Å²) in [5.74, 6) is -1.31. The van der Waals surface area contributed by atoms with Crippen molar-refractivity contribution < 1.29 is 27.1 Å². The summed E-state index contributed by atoms with van der Waals surface area (Å²) >= 11 is 1.29. The van der Waals surface area contributed by atoms with Crippen LogP contribution in [0.15, 0.2) is 76.6 Å². The lowest BCUT2D eigenvalue weighted by Crippen LogP contribution is -2.20. The second-order valence-electron chi connectivity index (χ2n) is 8.15. The maximum Gasteiger partial charge on any atom is 0.279 e. The van der Waals surface area contributed by atoms with Gasteiger partial charge in [-0.15, -0.1) is 0 Å². The van der Waals surface area contributed by atoms with Crippen molar-refractivity contribution in [3.8, 4) is 0 Å². The number of hydrogen-bond donors (Lipinski definition) is 2. The van der Waals surface area contributed by atoms with Crippen molar-refractivity contribution in [2.75, 3.05) is 23.3 Å². The first-order chi connectivity index (χ1) is 18.2. The molecule has 0 bridgehead atoms. The summed E-state index contributed by atoms with van der Waals surface area (Å²) in [6, 6.07) is 15.8. The zero-order valence-electron chi connectivity index (χ0n) is 20.6. The van der Waals surface area contributed by atoms with Crippen LogP contribution in [0.4, 0.5) is 15.8 Å². The Bertz CT molecular complexity index is 1660. The number of thiazole rings is 1. The quantitative estimate of drug-likeness (QED) is 0.297. The van der Waals surface area contributed by atoms with Crippen molar-refractivity contribution in [2.45, 2.75) is 25.3 Å². The molecule has 0 radical (unpaired) electrons. The number of carbonyl (C=O) groups is 2. The summed E-state index contributed by atoms with van der Waals surface area (Å²) in [4.78, 5) is 29.2. The highest BCUT2D eigenvalue weighted by Crippen LogP contribution is 2.23. The van der Waals surface area contributed by atoms with E-state index in [9.17, 15) is 22.4 Å². The van der Waals surface area contributed by atoms with E-state index in [-0.39, 0.29) is 22.1 Å². The minimum absolute atomic E-state index is 0.112. The number of nitrogens with one attached hydrogen (secondary N) is 2. The van der Waals surface area contributed by atoms with E-state index in [0.717, 1.165) is 34.5 Å². The molecule has 4 aromatic rings. The Morgan fingerprint density at radius 3 is 2.53 bits per heavy atom. The molecule has 0 saturated heterocycles. The van der Waals surface area contributed by atoms with Crippen LogP contribution < -0.4 is 14.8 Å². The molecule has 1 aromatic heterocycles. The molecule has 2 N–H and O–H groups in total. The molecule has 0 aliphatic carbocycles. The highest BCUT2D eigenvalue weighted by molar-refractivity contribution is 7.92. The second kappa shape index (κ2) is 11.7. The first-order valence-corrected chi connectivity index (χ1v) is 13.9. The summed E-state index contributed by atoms with van der Waals surface area (Å²) in [6.45, 7) is 4.73. The van der Waals surface area contributed by atoms with Crippen LogP contribution in [0.3, 0.4) is 0 Å². The second-order valence-corrected chi connectivity index (χ2v) is 10.8. The maximum absolute atomic E-state index is 13.2. The van der Waals surface area contributed by atoms with Gasteiger partial charge in [0.2, 0.25) is 5.91 Å². The lowest BCUT2D eigenvalue weighted by atomic mass is 10.2. The number of halogens is 1. The van der Waals surface area contributed by atoms with Gasteiger partial charge in [0.1, 0.15) is 5.82 Å². The molecule has 198 valence electrons. The lowest BCUT2D eigenvalue weighted by molar-refractivity contribution is -0.114. The first kappa shape index (κ1) is 27.2. The van der Waals surface area contributed by atoms with Crippen molar-refractivity contribution in [2.24, 2.45) is 4.99 Å². The van der Waals surface area contributed by atoms with Crippen LogP contribution >= 0.6 is 11.3 Å². The average Bonchev–Trinajstić information content (AvgIpc) is 3.20. The van der Waals surface area contributed by atoms with Gasteiger partial charge in [-0.25, -0.2) is 12.8 Å². The molecule has 12 heteroatoms. The Kier molecular flexibility index (Phi) is 8.35. The standard InChI is InChI=1S/C26H25FN4O5S2/c1-3-36-14-13-31-23-12-9-20(28-17(2)32)16-24(23)37-26(31)29-25(33)18-5-4-6-21(15-18)30-38(34,35)22-10-7-19(27)8-11-22/h4-12,15-16,30H,3,13-14H2,1-2H3,(H,28,32). The summed E-state index contributed by atoms with van der Waals surface area (Å²) in [7, 11) is -3.99. The smallest absolute Gasteiger partial charge is 0.279 e.